The van der Waals surface area contributed by atoms with Crippen LogP contribution in [-0.2, 0) is 30.7 Å². The molecule has 0 aliphatic carbocycles. The van der Waals surface area contributed by atoms with Crippen LogP contribution in [0.15, 0.2) is 128 Å². The number of benzene rings is 3. The molecular weight excluding hydrogens is 870 g/mol. The van der Waals surface area contributed by atoms with Crippen LogP contribution in [0.5, 0.6) is 0 Å². The summed E-state index contributed by atoms with van der Waals surface area (Å²) in [5, 5.41) is 44.5. The fourth-order valence-electron chi connectivity index (χ4n) is 6.17. The number of nitrogens with zero attached hydrogens (tertiary/aromatic N) is 2. The first-order valence-electron chi connectivity index (χ1n) is 18.1. The third kappa shape index (κ3) is 13.5. The fraction of sp³-hybridized carbons (Fsp3) is 0.190. The van der Waals surface area contributed by atoms with Crippen LogP contribution >= 0.6 is 0 Å². The third-order valence-corrected chi connectivity index (χ3v) is 9.16. The van der Waals surface area contributed by atoms with Gasteiger partial charge in [0.05, 0.1) is 0 Å². The molecule has 12 nitrogen and oxygen atoms in total. The molecule has 16 heteroatoms. The van der Waals surface area contributed by atoms with Gasteiger partial charge in [-0.05, 0) is 47.5 Å². The van der Waals surface area contributed by atoms with Gasteiger partial charge in [0, 0.05) is 83.6 Å². The zero-order chi connectivity index (χ0) is 40.2. The van der Waals surface area contributed by atoms with Gasteiger partial charge < -0.3 is 64.7 Å². The average Bonchev–Trinajstić information content (AvgIpc) is 3.18. The van der Waals surface area contributed by atoms with E-state index in [4.69, 9.17) is 0 Å². The van der Waals surface area contributed by atoms with Crippen LogP contribution in [0.4, 0.5) is 0 Å². The first-order valence-corrected chi connectivity index (χ1v) is 18.1. The number of ketones is 2. The third-order valence-electron chi connectivity index (χ3n) is 9.16. The molecule has 0 atom stereocenters. The number of halogens is 2. The second kappa shape index (κ2) is 22.7. The summed E-state index contributed by atoms with van der Waals surface area (Å²) in [6.45, 7) is 6.57. The minimum absolute atomic E-state index is 0. The van der Waals surface area contributed by atoms with Crippen molar-refractivity contribution in [2.24, 2.45) is 0 Å². The van der Waals surface area contributed by atoms with E-state index < -0.39 is 14.2 Å². The maximum absolute atomic E-state index is 13.5. The number of nitrogens with one attached hydrogen (secondary N) is 2. The number of amides is 2. The molecule has 2 amide bonds. The van der Waals surface area contributed by atoms with Crippen LogP contribution in [0, 0.1) is 0 Å². The molecule has 58 heavy (non-hydrogen) atoms. The number of hydrogen-bond donors (Lipinski definition) is 6. The molecule has 5 rings (SSSR count). The van der Waals surface area contributed by atoms with E-state index in [0.717, 1.165) is 11.1 Å². The van der Waals surface area contributed by atoms with Gasteiger partial charge in [-0.1, -0.05) is 61.2 Å². The summed E-state index contributed by atoms with van der Waals surface area (Å²) in [5.74, 6) is -1.05. The van der Waals surface area contributed by atoms with Crippen molar-refractivity contribution in [3.63, 3.8) is 0 Å². The van der Waals surface area contributed by atoms with Crippen molar-refractivity contribution in [3.05, 3.63) is 167 Å². The van der Waals surface area contributed by atoms with Crippen LogP contribution in [-0.4, -0.2) is 70.8 Å². The molecule has 0 unspecified atom stereocenters. The Balaban J connectivity index is 0.00000450. The number of Topliss-reactive ketones (excluding diaryl/α,β-unsaturated/α-hetero) is 2. The van der Waals surface area contributed by atoms with Gasteiger partial charge in [0.15, 0.2) is 49.4 Å². The number of pyridine rings is 2. The SMILES string of the molecule is C=C(C)C(=O)NCCCNC(=O)c1cc(CC(=O)c2cc[n+](Cc3ccccc3B(O)O)cc2)cc(CC(=O)c2cc[n+](Cc3ccccc3B(O)O)cc2)c1.[Br-].[Br-]. The van der Waals surface area contributed by atoms with Crippen molar-refractivity contribution in [3.8, 4) is 0 Å². The standard InChI is InChI=1S/C42H42B2N4O8.2BrH/c1-29(2)41(51)45-16-7-17-46-42(52)36-23-30(25-39(49)32-12-18-47(19-13-32)27-34-8-3-5-10-37(34)43(53)54)22-31(24-36)26-40(50)33-14-20-48(21-15-33)28-35-9-4-6-11-38(35)44(55)56;;/h3-6,8-15,18-24,53-56H,1,7,16-17,25-28H2,2H3;2*1H. The van der Waals surface area contributed by atoms with Gasteiger partial charge in [-0.3, -0.25) is 19.2 Å². The van der Waals surface area contributed by atoms with Gasteiger partial charge in [0.2, 0.25) is 5.91 Å². The number of aromatic nitrogens is 2. The van der Waals surface area contributed by atoms with Crippen LogP contribution in [0.3, 0.4) is 0 Å². The number of rotatable bonds is 18. The largest absolute Gasteiger partial charge is 1.00 e. The fourth-order valence-corrected chi connectivity index (χ4v) is 6.17. The van der Waals surface area contributed by atoms with Crippen LogP contribution in [0.25, 0.3) is 0 Å². The summed E-state index contributed by atoms with van der Waals surface area (Å²) in [6, 6.07) is 25.7. The molecule has 0 saturated carbocycles. The highest BCUT2D eigenvalue weighted by Gasteiger charge is 2.21. The van der Waals surface area contributed by atoms with Gasteiger partial charge in [0.25, 0.3) is 5.91 Å². The molecule has 2 aromatic heterocycles. The number of hydrogen-bond acceptors (Lipinski definition) is 8. The van der Waals surface area contributed by atoms with E-state index in [1.807, 2.05) is 21.3 Å². The van der Waals surface area contributed by atoms with Crippen molar-refractivity contribution in [1.29, 1.82) is 0 Å². The van der Waals surface area contributed by atoms with Crippen LogP contribution in [0.1, 0.15) is 66.7 Å². The minimum atomic E-state index is -1.61. The minimum Gasteiger partial charge on any atom is -1.00 e. The molecule has 5 aromatic rings. The lowest BCUT2D eigenvalue weighted by Crippen LogP contribution is -3.00. The lowest BCUT2D eigenvalue weighted by atomic mass is 9.77. The van der Waals surface area contributed by atoms with Gasteiger partial charge in [-0.15, -0.1) is 0 Å². The summed E-state index contributed by atoms with van der Waals surface area (Å²) in [6.07, 6.45) is 7.35. The molecule has 0 fully saturated rings. The molecule has 300 valence electrons. The molecule has 0 saturated heterocycles. The Bertz CT molecular complexity index is 2090. The maximum Gasteiger partial charge on any atom is 0.488 e. The van der Waals surface area contributed by atoms with Gasteiger partial charge in [0.1, 0.15) is 0 Å². The monoisotopic (exact) mass is 912 g/mol. The summed E-state index contributed by atoms with van der Waals surface area (Å²) < 4.78 is 3.64. The zero-order valence-electron chi connectivity index (χ0n) is 31.9. The topological polar surface area (TPSA) is 181 Å². The van der Waals surface area contributed by atoms with E-state index in [1.54, 1.807) is 111 Å². The molecule has 6 N–H and O–H groups in total. The predicted molar refractivity (Wildman–Crippen MR) is 211 cm³/mol. The highest BCUT2D eigenvalue weighted by Crippen LogP contribution is 2.16. The normalized spacial score (nSPS) is 10.4. The predicted octanol–water partition coefficient (Wildman–Crippen LogP) is -5.61. The van der Waals surface area contributed by atoms with Crippen molar-refractivity contribution in [1.82, 2.24) is 10.6 Å². The van der Waals surface area contributed by atoms with Crippen molar-refractivity contribution >= 4 is 48.5 Å². The van der Waals surface area contributed by atoms with Crippen molar-refractivity contribution in [2.75, 3.05) is 13.1 Å². The Morgan fingerprint density at radius 1 is 0.603 bits per heavy atom. The molecule has 0 radical (unpaired) electrons. The molecular formula is C42H44B2Br2N4O8. The Kier molecular flexibility index (Phi) is 18.5. The average molecular weight is 914 g/mol. The molecule has 0 bridgehead atoms. The first kappa shape index (κ1) is 47.3. The Labute approximate surface area is 359 Å². The van der Waals surface area contributed by atoms with E-state index in [1.165, 1.54) is 0 Å². The highest BCUT2D eigenvalue weighted by molar-refractivity contribution is 6.59. The van der Waals surface area contributed by atoms with E-state index in [2.05, 4.69) is 17.2 Å². The Morgan fingerprint density at radius 3 is 1.43 bits per heavy atom. The van der Waals surface area contributed by atoms with E-state index in [-0.39, 0.29) is 82.3 Å². The van der Waals surface area contributed by atoms with E-state index >= 15 is 0 Å². The summed E-state index contributed by atoms with van der Waals surface area (Å²) in [4.78, 5) is 52.1. The smallest absolute Gasteiger partial charge is 0.488 e. The van der Waals surface area contributed by atoms with E-state index in [9.17, 15) is 39.3 Å². The summed E-state index contributed by atoms with van der Waals surface area (Å²) >= 11 is 0. The van der Waals surface area contributed by atoms with Gasteiger partial charge >= 0.3 is 14.2 Å². The molecule has 2 heterocycles. The second-order valence-corrected chi connectivity index (χ2v) is 13.5. The quantitative estimate of drug-likeness (QED) is 0.0166. The first-order chi connectivity index (χ1) is 26.9. The Morgan fingerprint density at radius 2 is 1.02 bits per heavy atom. The molecule has 0 aliphatic heterocycles. The van der Waals surface area contributed by atoms with Crippen LogP contribution in [0.2, 0.25) is 0 Å². The molecule has 0 spiro atoms. The maximum atomic E-state index is 13.5. The second-order valence-electron chi connectivity index (χ2n) is 13.5. The molecule has 0 aliphatic rings. The lowest BCUT2D eigenvalue weighted by Gasteiger charge is -2.11. The van der Waals surface area contributed by atoms with Gasteiger partial charge in [-0.25, -0.2) is 9.13 Å². The van der Waals surface area contributed by atoms with Crippen molar-refractivity contribution < 1.29 is 82.4 Å². The van der Waals surface area contributed by atoms with Crippen LogP contribution < -0.4 is 64.7 Å². The summed E-state index contributed by atoms with van der Waals surface area (Å²) in [7, 11) is -3.22. The Hall–Kier alpha value is -5.09. The number of carbonyl (C=O) groups is 4. The van der Waals surface area contributed by atoms with Gasteiger partial charge in [-0.2, -0.15) is 0 Å². The van der Waals surface area contributed by atoms with Crippen molar-refractivity contribution in [2.45, 2.75) is 39.3 Å². The number of carbonyl (C=O) groups excluding carboxylic acids is 4. The highest BCUT2D eigenvalue weighted by atomic mass is 79.9. The van der Waals surface area contributed by atoms with E-state index in [0.29, 0.717) is 64.8 Å². The lowest BCUT2D eigenvalue weighted by molar-refractivity contribution is -0.688. The summed E-state index contributed by atoms with van der Waals surface area (Å²) in [5.41, 5.74) is 4.89. The molecule has 3 aromatic carbocycles. The zero-order valence-corrected chi connectivity index (χ0v) is 35.0.